The summed E-state index contributed by atoms with van der Waals surface area (Å²) in [6.45, 7) is 1.02. The molecule has 1 aliphatic rings. The molecule has 150 valence electrons. The number of hydrogen-bond acceptors (Lipinski definition) is 2. The number of hydrogen-bond donors (Lipinski definition) is 0. The third kappa shape index (κ3) is 3.34. The van der Waals surface area contributed by atoms with Gasteiger partial charge < -0.3 is 9.47 Å². The SMILES string of the molecule is O=C1C[C@@H](c2nc3ccccc3n2Cc2ccc(F)cc2)CN1c1ccc(F)cc1. The van der Waals surface area contributed by atoms with Gasteiger partial charge in [0.2, 0.25) is 5.91 Å². The van der Waals surface area contributed by atoms with Crippen molar-refractivity contribution < 1.29 is 13.6 Å². The molecule has 3 aromatic carbocycles. The Labute approximate surface area is 172 Å². The first kappa shape index (κ1) is 18.5. The molecule has 0 radical (unpaired) electrons. The molecule has 1 aromatic heterocycles. The fraction of sp³-hybridized carbons (Fsp3) is 0.167. The van der Waals surface area contributed by atoms with E-state index < -0.39 is 0 Å². The van der Waals surface area contributed by atoms with Crippen LogP contribution >= 0.6 is 0 Å². The van der Waals surface area contributed by atoms with Gasteiger partial charge in [-0.15, -0.1) is 0 Å². The summed E-state index contributed by atoms with van der Waals surface area (Å²) in [5.74, 6) is 0.134. The first-order chi connectivity index (χ1) is 14.6. The van der Waals surface area contributed by atoms with Crippen LogP contribution in [0.15, 0.2) is 72.8 Å². The van der Waals surface area contributed by atoms with E-state index in [1.807, 2.05) is 24.3 Å². The predicted octanol–water partition coefficient (Wildman–Crippen LogP) is 4.88. The molecule has 5 rings (SSSR count). The van der Waals surface area contributed by atoms with Gasteiger partial charge in [0.25, 0.3) is 0 Å². The van der Waals surface area contributed by atoms with Crippen molar-refractivity contribution in [2.75, 3.05) is 11.4 Å². The summed E-state index contributed by atoms with van der Waals surface area (Å²) >= 11 is 0. The Bertz CT molecular complexity index is 1220. The molecule has 0 unspecified atom stereocenters. The zero-order chi connectivity index (χ0) is 20.7. The van der Waals surface area contributed by atoms with Crippen molar-refractivity contribution in [1.29, 1.82) is 0 Å². The molecule has 1 aliphatic heterocycles. The first-order valence-electron chi connectivity index (χ1n) is 9.84. The van der Waals surface area contributed by atoms with Crippen molar-refractivity contribution in [1.82, 2.24) is 9.55 Å². The zero-order valence-electron chi connectivity index (χ0n) is 16.1. The number of carbonyl (C=O) groups is 1. The Hall–Kier alpha value is -3.54. The highest BCUT2D eigenvalue weighted by atomic mass is 19.1. The van der Waals surface area contributed by atoms with Gasteiger partial charge in [-0.05, 0) is 54.1 Å². The molecule has 6 heteroatoms. The number of para-hydroxylation sites is 2. The Morgan fingerprint density at radius 1 is 0.900 bits per heavy atom. The van der Waals surface area contributed by atoms with Crippen LogP contribution in [0.4, 0.5) is 14.5 Å². The molecular formula is C24H19F2N3O. The third-order valence-electron chi connectivity index (χ3n) is 5.57. The summed E-state index contributed by atoms with van der Waals surface area (Å²) in [5, 5.41) is 0. The van der Waals surface area contributed by atoms with Crippen molar-refractivity contribution in [3.8, 4) is 0 Å². The highest BCUT2D eigenvalue weighted by molar-refractivity contribution is 5.96. The van der Waals surface area contributed by atoms with Crippen LogP contribution in [0.1, 0.15) is 23.7 Å². The highest BCUT2D eigenvalue weighted by Crippen LogP contribution is 2.33. The minimum atomic E-state index is -0.331. The molecule has 1 fully saturated rings. The molecule has 1 saturated heterocycles. The number of imidazole rings is 1. The Balaban J connectivity index is 1.51. The smallest absolute Gasteiger partial charge is 0.227 e. The zero-order valence-corrected chi connectivity index (χ0v) is 16.1. The Kier molecular flexibility index (Phi) is 4.54. The number of rotatable bonds is 4. The molecule has 30 heavy (non-hydrogen) atoms. The van der Waals surface area contributed by atoms with Crippen molar-refractivity contribution in [3.63, 3.8) is 0 Å². The molecule has 1 amide bonds. The predicted molar refractivity (Wildman–Crippen MR) is 111 cm³/mol. The van der Waals surface area contributed by atoms with Crippen molar-refractivity contribution in [2.45, 2.75) is 18.9 Å². The number of fused-ring (bicyclic) bond motifs is 1. The van der Waals surface area contributed by atoms with Gasteiger partial charge in [-0.2, -0.15) is 0 Å². The van der Waals surface area contributed by atoms with Gasteiger partial charge >= 0.3 is 0 Å². The molecule has 0 spiro atoms. The quantitative estimate of drug-likeness (QED) is 0.487. The number of carbonyl (C=O) groups excluding carboxylic acids is 1. The van der Waals surface area contributed by atoms with Crippen LogP contribution in [0.5, 0.6) is 0 Å². The van der Waals surface area contributed by atoms with Crippen molar-refractivity contribution >= 4 is 22.6 Å². The van der Waals surface area contributed by atoms with Crippen LogP contribution in [0.2, 0.25) is 0 Å². The second-order valence-corrected chi connectivity index (χ2v) is 7.55. The summed E-state index contributed by atoms with van der Waals surface area (Å²) in [6.07, 6.45) is 0.337. The Morgan fingerprint density at radius 3 is 2.30 bits per heavy atom. The molecule has 4 aromatic rings. The van der Waals surface area contributed by atoms with E-state index in [0.29, 0.717) is 25.2 Å². The molecular weight excluding hydrogens is 384 g/mol. The fourth-order valence-corrected chi connectivity index (χ4v) is 4.10. The number of anilines is 1. The van der Waals surface area contributed by atoms with E-state index >= 15 is 0 Å². The number of aromatic nitrogens is 2. The molecule has 0 bridgehead atoms. The lowest BCUT2D eigenvalue weighted by molar-refractivity contribution is -0.117. The van der Waals surface area contributed by atoms with Gasteiger partial charge in [0.1, 0.15) is 17.5 Å². The van der Waals surface area contributed by atoms with Crippen LogP contribution in [0, 0.1) is 11.6 Å². The summed E-state index contributed by atoms with van der Waals surface area (Å²) in [7, 11) is 0. The minimum Gasteiger partial charge on any atom is -0.323 e. The van der Waals surface area contributed by atoms with Crippen LogP contribution in [0.25, 0.3) is 11.0 Å². The molecule has 2 heterocycles. The van der Waals surface area contributed by atoms with E-state index in [1.165, 1.54) is 24.3 Å². The number of benzene rings is 3. The topological polar surface area (TPSA) is 38.1 Å². The monoisotopic (exact) mass is 403 g/mol. The largest absolute Gasteiger partial charge is 0.323 e. The summed E-state index contributed by atoms with van der Waals surface area (Å²) in [6, 6.07) is 20.2. The van der Waals surface area contributed by atoms with E-state index in [9.17, 15) is 13.6 Å². The maximum absolute atomic E-state index is 13.3. The van der Waals surface area contributed by atoms with E-state index in [-0.39, 0.29) is 23.5 Å². The van der Waals surface area contributed by atoms with Gasteiger partial charge in [0.05, 0.1) is 11.0 Å². The maximum atomic E-state index is 13.3. The normalized spacial score (nSPS) is 16.5. The van der Waals surface area contributed by atoms with Gasteiger partial charge in [0.15, 0.2) is 0 Å². The molecule has 0 N–H and O–H groups in total. The lowest BCUT2D eigenvalue weighted by Crippen LogP contribution is -2.24. The second-order valence-electron chi connectivity index (χ2n) is 7.55. The number of nitrogens with zero attached hydrogens (tertiary/aromatic N) is 3. The fourth-order valence-electron chi connectivity index (χ4n) is 4.10. The van der Waals surface area contributed by atoms with Crippen LogP contribution in [-0.4, -0.2) is 22.0 Å². The summed E-state index contributed by atoms with van der Waals surface area (Å²) < 4.78 is 28.7. The number of amides is 1. The van der Waals surface area contributed by atoms with Gasteiger partial charge in [-0.25, -0.2) is 13.8 Å². The maximum Gasteiger partial charge on any atom is 0.227 e. The van der Waals surface area contributed by atoms with E-state index in [2.05, 4.69) is 4.57 Å². The van der Waals surface area contributed by atoms with Gasteiger partial charge in [-0.1, -0.05) is 24.3 Å². The first-order valence-corrected chi connectivity index (χ1v) is 9.84. The van der Waals surface area contributed by atoms with E-state index in [4.69, 9.17) is 4.98 Å². The third-order valence-corrected chi connectivity index (χ3v) is 5.57. The van der Waals surface area contributed by atoms with Gasteiger partial charge in [-0.3, -0.25) is 4.79 Å². The highest BCUT2D eigenvalue weighted by Gasteiger charge is 2.34. The molecule has 0 aliphatic carbocycles. The lowest BCUT2D eigenvalue weighted by Gasteiger charge is -2.17. The van der Waals surface area contributed by atoms with Gasteiger partial charge in [0, 0.05) is 31.1 Å². The summed E-state index contributed by atoms with van der Waals surface area (Å²) in [4.78, 5) is 19.2. The molecule has 0 saturated carbocycles. The Morgan fingerprint density at radius 2 is 1.57 bits per heavy atom. The summed E-state index contributed by atoms with van der Waals surface area (Å²) in [5.41, 5.74) is 3.48. The van der Waals surface area contributed by atoms with Crippen molar-refractivity contribution in [2.24, 2.45) is 0 Å². The van der Waals surface area contributed by atoms with E-state index in [1.54, 1.807) is 29.2 Å². The lowest BCUT2D eigenvalue weighted by atomic mass is 10.1. The molecule has 4 nitrogen and oxygen atoms in total. The average Bonchev–Trinajstić information content (AvgIpc) is 3.31. The standard InChI is InChI=1S/C24H19F2N3O/c25-18-7-5-16(6-8-18)14-29-22-4-2-1-3-21(22)27-24(29)17-13-23(30)28(15-17)20-11-9-19(26)10-12-20/h1-12,17H,13-15H2/t17-/m1/s1. The minimum absolute atomic E-state index is 0.00741. The molecule has 1 atom stereocenters. The van der Waals surface area contributed by atoms with Crippen LogP contribution < -0.4 is 4.90 Å². The van der Waals surface area contributed by atoms with E-state index in [0.717, 1.165) is 22.4 Å². The van der Waals surface area contributed by atoms with Crippen molar-refractivity contribution in [3.05, 3.63) is 95.8 Å². The van der Waals surface area contributed by atoms with Crippen LogP contribution in [0.3, 0.4) is 0 Å². The van der Waals surface area contributed by atoms with Crippen LogP contribution in [-0.2, 0) is 11.3 Å². The average molecular weight is 403 g/mol. The second kappa shape index (κ2) is 7.37. The number of halogens is 2.